The van der Waals surface area contributed by atoms with Crippen molar-refractivity contribution in [3.8, 4) is 0 Å². The minimum Gasteiger partial charge on any atom is -0.383 e. The molecule has 21 heavy (non-hydrogen) atoms. The minimum atomic E-state index is -0.0794. The number of nitrogens with zero attached hydrogens (tertiary/aromatic N) is 3. The molecule has 0 aliphatic rings. The fourth-order valence-corrected chi connectivity index (χ4v) is 2.75. The number of hydrogen-bond donors (Lipinski definition) is 1. The molecule has 5 nitrogen and oxygen atoms in total. The number of nitrogens with one attached hydrogen (secondary N) is 1. The zero-order valence-corrected chi connectivity index (χ0v) is 15.5. The van der Waals surface area contributed by atoms with E-state index in [-0.39, 0.29) is 5.56 Å². The predicted octanol–water partition coefficient (Wildman–Crippen LogP) is 2.51. The SMILES string of the molecule is CSCCCCCNc1cnn(CCN(C)C)c(=O)c1Br. The molecule has 0 fully saturated rings. The molecule has 0 saturated carbocycles. The van der Waals surface area contributed by atoms with E-state index in [0.29, 0.717) is 11.0 Å². The molecule has 0 spiro atoms. The first kappa shape index (κ1) is 18.5. The molecule has 0 amide bonds. The summed E-state index contributed by atoms with van der Waals surface area (Å²) in [6, 6.07) is 0. The van der Waals surface area contributed by atoms with Gasteiger partial charge in [0.05, 0.1) is 18.4 Å². The Labute approximate surface area is 139 Å². The van der Waals surface area contributed by atoms with E-state index in [4.69, 9.17) is 0 Å². The zero-order valence-electron chi connectivity index (χ0n) is 13.1. The van der Waals surface area contributed by atoms with Crippen LogP contribution in [0.4, 0.5) is 5.69 Å². The Morgan fingerprint density at radius 3 is 2.81 bits per heavy atom. The zero-order chi connectivity index (χ0) is 15.7. The first-order chi connectivity index (χ1) is 10.1. The first-order valence-electron chi connectivity index (χ1n) is 7.19. The Kier molecular flexibility index (Phi) is 9.03. The van der Waals surface area contributed by atoms with Gasteiger partial charge in [-0.2, -0.15) is 16.9 Å². The molecule has 0 radical (unpaired) electrons. The van der Waals surface area contributed by atoms with Crippen molar-refractivity contribution in [2.24, 2.45) is 0 Å². The van der Waals surface area contributed by atoms with Gasteiger partial charge in [-0.25, -0.2) is 4.68 Å². The molecule has 120 valence electrons. The van der Waals surface area contributed by atoms with Gasteiger partial charge in [-0.1, -0.05) is 6.42 Å². The number of thioether (sulfide) groups is 1. The number of halogens is 1. The van der Waals surface area contributed by atoms with Crippen LogP contribution in [0.15, 0.2) is 15.5 Å². The van der Waals surface area contributed by atoms with Crippen LogP contribution in [0.2, 0.25) is 0 Å². The third-order valence-corrected chi connectivity index (χ3v) is 4.55. The van der Waals surface area contributed by atoms with Crippen LogP contribution in [0.3, 0.4) is 0 Å². The molecule has 0 aliphatic heterocycles. The number of aromatic nitrogens is 2. The second-order valence-electron chi connectivity index (χ2n) is 5.18. The predicted molar refractivity (Wildman–Crippen MR) is 95.5 cm³/mol. The second-order valence-corrected chi connectivity index (χ2v) is 6.96. The maximum Gasteiger partial charge on any atom is 0.283 e. The van der Waals surface area contributed by atoms with E-state index in [0.717, 1.165) is 25.2 Å². The summed E-state index contributed by atoms with van der Waals surface area (Å²) in [5.41, 5.74) is 0.704. The van der Waals surface area contributed by atoms with Crippen LogP contribution >= 0.6 is 27.7 Å². The Morgan fingerprint density at radius 2 is 2.14 bits per heavy atom. The van der Waals surface area contributed by atoms with Crippen molar-refractivity contribution in [3.63, 3.8) is 0 Å². The molecule has 1 aromatic rings. The molecule has 0 bridgehead atoms. The normalized spacial score (nSPS) is 11.1. The van der Waals surface area contributed by atoms with Crippen LogP contribution in [0.1, 0.15) is 19.3 Å². The summed E-state index contributed by atoms with van der Waals surface area (Å²) in [6.07, 6.45) is 7.42. The lowest BCUT2D eigenvalue weighted by molar-refractivity contribution is 0.367. The average Bonchev–Trinajstić information content (AvgIpc) is 2.45. The number of rotatable bonds is 10. The lowest BCUT2D eigenvalue weighted by atomic mass is 10.2. The Hall–Kier alpha value is -0.530. The first-order valence-corrected chi connectivity index (χ1v) is 9.38. The number of unbranched alkanes of at least 4 members (excludes halogenated alkanes) is 2. The van der Waals surface area contributed by atoms with E-state index in [2.05, 4.69) is 32.6 Å². The summed E-state index contributed by atoms with van der Waals surface area (Å²) in [7, 11) is 3.96. The average molecular weight is 377 g/mol. The monoisotopic (exact) mass is 376 g/mol. The molecule has 1 N–H and O–H groups in total. The van der Waals surface area contributed by atoms with Crippen molar-refractivity contribution < 1.29 is 0 Å². The fraction of sp³-hybridized carbons (Fsp3) is 0.714. The summed E-state index contributed by atoms with van der Waals surface area (Å²) >= 11 is 5.26. The molecule has 7 heteroatoms. The quantitative estimate of drug-likeness (QED) is 0.635. The molecule has 0 atom stereocenters. The van der Waals surface area contributed by atoms with Gasteiger partial charge < -0.3 is 10.2 Å². The van der Waals surface area contributed by atoms with Crippen LogP contribution in [-0.4, -0.2) is 53.9 Å². The van der Waals surface area contributed by atoms with E-state index in [9.17, 15) is 4.79 Å². The molecule has 0 saturated heterocycles. The summed E-state index contributed by atoms with van der Waals surface area (Å²) in [4.78, 5) is 14.2. The van der Waals surface area contributed by atoms with E-state index >= 15 is 0 Å². The van der Waals surface area contributed by atoms with Crippen molar-refractivity contribution in [1.29, 1.82) is 0 Å². The highest BCUT2D eigenvalue weighted by Gasteiger charge is 2.08. The van der Waals surface area contributed by atoms with Crippen LogP contribution in [0.5, 0.6) is 0 Å². The largest absolute Gasteiger partial charge is 0.383 e. The lowest BCUT2D eigenvalue weighted by Gasteiger charge is -2.12. The van der Waals surface area contributed by atoms with Crippen molar-refractivity contribution in [1.82, 2.24) is 14.7 Å². The van der Waals surface area contributed by atoms with Crippen molar-refractivity contribution in [2.75, 3.05) is 44.5 Å². The second kappa shape index (κ2) is 10.2. The summed E-state index contributed by atoms with van der Waals surface area (Å²) in [5.74, 6) is 1.22. The lowest BCUT2D eigenvalue weighted by Crippen LogP contribution is -2.29. The van der Waals surface area contributed by atoms with E-state index in [1.807, 2.05) is 30.8 Å². The summed E-state index contributed by atoms with van der Waals surface area (Å²) < 4.78 is 2.06. The van der Waals surface area contributed by atoms with Crippen molar-refractivity contribution >= 4 is 33.4 Å². The van der Waals surface area contributed by atoms with Crippen molar-refractivity contribution in [2.45, 2.75) is 25.8 Å². The number of hydrogen-bond acceptors (Lipinski definition) is 5. The van der Waals surface area contributed by atoms with Gasteiger partial charge in [0.25, 0.3) is 5.56 Å². The Balaban J connectivity index is 2.49. The van der Waals surface area contributed by atoms with E-state index in [1.165, 1.54) is 23.3 Å². The maximum absolute atomic E-state index is 12.2. The molecule has 0 aliphatic carbocycles. The highest BCUT2D eigenvalue weighted by atomic mass is 79.9. The van der Waals surface area contributed by atoms with Crippen LogP contribution in [0.25, 0.3) is 0 Å². The third kappa shape index (κ3) is 6.84. The highest BCUT2D eigenvalue weighted by Crippen LogP contribution is 2.16. The van der Waals surface area contributed by atoms with Gasteiger partial charge >= 0.3 is 0 Å². The van der Waals surface area contributed by atoms with Crippen LogP contribution in [-0.2, 0) is 6.54 Å². The molecule has 0 unspecified atom stereocenters. The third-order valence-electron chi connectivity index (χ3n) is 3.08. The maximum atomic E-state index is 12.2. The van der Waals surface area contributed by atoms with E-state index in [1.54, 1.807) is 6.20 Å². The highest BCUT2D eigenvalue weighted by molar-refractivity contribution is 9.10. The fourth-order valence-electron chi connectivity index (χ4n) is 1.81. The smallest absolute Gasteiger partial charge is 0.283 e. The molecule has 1 rings (SSSR count). The van der Waals surface area contributed by atoms with Crippen molar-refractivity contribution in [3.05, 3.63) is 21.0 Å². The standard InChI is InChI=1S/C14H25BrN4OS/c1-18(2)8-9-19-14(20)13(15)12(11-17-19)16-7-5-4-6-10-21-3/h11,16H,4-10H2,1-3H3. The molecular formula is C14H25BrN4OS. The number of likely N-dealkylation sites (N-methyl/N-ethyl adjacent to an activating group) is 1. The molecular weight excluding hydrogens is 352 g/mol. The van der Waals surface area contributed by atoms with Crippen LogP contribution in [0, 0.1) is 0 Å². The number of anilines is 1. The van der Waals surface area contributed by atoms with Gasteiger partial charge in [0.15, 0.2) is 0 Å². The Morgan fingerprint density at radius 1 is 1.38 bits per heavy atom. The van der Waals surface area contributed by atoms with Gasteiger partial charge in [0.2, 0.25) is 0 Å². The molecule has 0 aromatic carbocycles. The van der Waals surface area contributed by atoms with Gasteiger partial charge in [0, 0.05) is 13.1 Å². The summed E-state index contributed by atoms with van der Waals surface area (Å²) in [5, 5.41) is 7.50. The van der Waals surface area contributed by atoms with Gasteiger partial charge in [-0.05, 0) is 54.9 Å². The Bertz CT molecular complexity index is 479. The van der Waals surface area contributed by atoms with Gasteiger partial charge in [-0.3, -0.25) is 4.79 Å². The molecule has 1 heterocycles. The van der Waals surface area contributed by atoms with Gasteiger partial charge in [-0.15, -0.1) is 0 Å². The van der Waals surface area contributed by atoms with E-state index < -0.39 is 0 Å². The van der Waals surface area contributed by atoms with Gasteiger partial charge in [0.1, 0.15) is 4.47 Å². The topological polar surface area (TPSA) is 50.2 Å². The minimum absolute atomic E-state index is 0.0794. The molecule has 1 aromatic heterocycles. The van der Waals surface area contributed by atoms with Crippen LogP contribution < -0.4 is 10.9 Å². The summed E-state index contributed by atoms with van der Waals surface area (Å²) in [6.45, 7) is 2.26.